The van der Waals surface area contributed by atoms with E-state index in [0.29, 0.717) is 0 Å². The smallest absolute Gasteiger partial charge is 0.0701 e. The average Bonchev–Trinajstić information content (AvgIpc) is 2.56. The SMILES string of the molecule is CCCc1ccccc1C1C=C(C)C(c2ccccc2)=CN1. The maximum absolute atomic E-state index is 3.57. The van der Waals surface area contributed by atoms with Crippen molar-refractivity contribution in [3.05, 3.63) is 89.1 Å². The molecular formula is C21H23N. The molecule has 1 heterocycles. The van der Waals surface area contributed by atoms with Gasteiger partial charge in [0.05, 0.1) is 6.04 Å². The molecule has 0 fully saturated rings. The van der Waals surface area contributed by atoms with Gasteiger partial charge in [-0.05, 0) is 35.6 Å². The highest BCUT2D eigenvalue weighted by atomic mass is 14.9. The Bertz CT molecular complexity index is 695. The van der Waals surface area contributed by atoms with Crippen LogP contribution in [0.5, 0.6) is 0 Å². The molecule has 0 aromatic heterocycles. The van der Waals surface area contributed by atoms with E-state index in [1.807, 2.05) is 0 Å². The molecule has 1 atom stereocenters. The first kappa shape index (κ1) is 14.6. The summed E-state index contributed by atoms with van der Waals surface area (Å²) >= 11 is 0. The van der Waals surface area contributed by atoms with Crippen LogP contribution in [0.1, 0.15) is 43.0 Å². The van der Waals surface area contributed by atoms with Crippen LogP contribution in [-0.2, 0) is 6.42 Å². The third kappa shape index (κ3) is 2.99. The summed E-state index contributed by atoms with van der Waals surface area (Å²) in [7, 11) is 0. The highest BCUT2D eigenvalue weighted by Crippen LogP contribution is 2.31. The number of aryl methyl sites for hydroxylation is 1. The van der Waals surface area contributed by atoms with Crippen LogP contribution in [0.4, 0.5) is 0 Å². The van der Waals surface area contributed by atoms with Crippen molar-refractivity contribution < 1.29 is 0 Å². The van der Waals surface area contributed by atoms with Gasteiger partial charge in [0.25, 0.3) is 0 Å². The van der Waals surface area contributed by atoms with E-state index in [0.717, 1.165) is 6.42 Å². The Labute approximate surface area is 133 Å². The minimum atomic E-state index is 0.273. The Morgan fingerprint density at radius 2 is 1.68 bits per heavy atom. The van der Waals surface area contributed by atoms with E-state index in [1.54, 1.807) is 0 Å². The molecular weight excluding hydrogens is 266 g/mol. The standard InChI is InChI=1S/C21H23N/c1-3-9-17-12-7-8-13-19(17)21-14-16(2)20(15-22-21)18-10-5-4-6-11-18/h4-8,10-15,21-22H,3,9H2,1-2H3. The third-order valence-corrected chi connectivity index (χ3v) is 4.24. The van der Waals surface area contributed by atoms with Gasteiger partial charge in [0.1, 0.15) is 0 Å². The third-order valence-electron chi connectivity index (χ3n) is 4.24. The molecule has 0 saturated carbocycles. The van der Waals surface area contributed by atoms with Gasteiger partial charge in [-0.3, -0.25) is 0 Å². The predicted octanol–water partition coefficient (Wildman–Crippen LogP) is 5.27. The molecule has 22 heavy (non-hydrogen) atoms. The van der Waals surface area contributed by atoms with Gasteiger partial charge in [0.2, 0.25) is 0 Å². The number of hydrogen-bond donors (Lipinski definition) is 1. The van der Waals surface area contributed by atoms with Crippen LogP contribution >= 0.6 is 0 Å². The molecule has 1 N–H and O–H groups in total. The van der Waals surface area contributed by atoms with Gasteiger partial charge in [0.15, 0.2) is 0 Å². The van der Waals surface area contributed by atoms with Crippen LogP contribution in [-0.4, -0.2) is 0 Å². The first-order valence-corrected chi connectivity index (χ1v) is 8.08. The van der Waals surface area contributed by atoms with Crippen LogP contribution in [0.25, 0.3) is 5.57 Å². The molecule has 0 bridgehead atoms. The lowest BCUT2D eigenvalue weighted by Crippen LogP contribution is -2.19. The van der Waals surface area contributed by atoms with E-state index in [2.05, 4.69) is 86.0 Å². The van der Waals surface area contributed by atoms with E-state index in [1.165, 1.54) is 34.3 Å². The molecule has 0 radical (unpaired) electrons. The van der Waals surface area contributed by atoms with Gasteiger partial charge in [-0.25, -0.2) is 0 Å². The molecule has 1 aliphatic rings. The van der Waals surface area contributed by atoms with Gasteiger partial charge in [0, 0.05) is 11.8 Å². The highest BCUT2D eigenvalue weighted by Gasteiger charge is 2.17. The van der Waals surface area contributed by atoms with Crippen molar-refractivity contribution in [2.75, 3.05) is 0 Å². The highest BCUT2D eigenvalue weighted by molar-refractivity contribution is 5.79. The second kappa shape index (κ2) is 6.65. The number of benzene rings is 2. The number of rotatable bonds is 4. The second-order valence-corrected chi connectivity index (χ2v) is 5.87. The van der Waals surface area contributed by atoms with Crippen molar-refractivity contribution in [2.45, 2.75) is 32.7 Å². The molecule has 1 heteroatoms. The van der Waals surface area contributed by atoms with Crippen molar-refractivity contribution in [3.63, 3.8) is 0 Å². The molecule has 1 unspecified atom stereocenters. The van der Waals surface area contributed by atoms with E-state index in [-0.39, 0.29) is 6.04 Å². The molecule has 0 saturated heterocycles. The second-order valence-electron chi connectivity index (χ2n) is 5.87. The number of allylic oxidation sites excluding steroid dienone is 2. The van der Waals surface area contributed by atoms with Gasteiger partial charge in [-0.1, -0.05) is 74.0 Å². The summed E-state index contributed by atoms with van der Waals surface area (Å²) in [6.45, 7) is 4.44. The summed E-state index contributed by atoms with van der Waals surface area (Å²) < 4.78 is 0. The van der Waals surface area contributed by atoms with E-state index >= 15 is 0 Å². The molecule has 0 spiro atoms. The summed E-state index contributed by atoms with van der Waals surface area (Å²) in [6, 6.07) is 19.6. The van der Waals surface area contributed by atoms with Gasteiger partial charge < -0.3 is 5.32 Å². The Balaban J connectivity index is 1.88. The van der Waals surface area contributed by atoms with Gasteiger partial charge >= 0.3 is 0 Å². The Hall–Kier alpha value is -2.28. The summed E-state index contributed by atoms with van der Waals surface area (Å²) in [4.78, 5) is 0. The lowest BCUT2D eigenvalue weighted by atomic mass is 9.90. The van der Waals surface area contributed by atoms with Crippen molar-refractivity contribution >= 4 is 5.57 Å². The van der Waals surface area contributed by atoms with Crippen LogP contribution in [0, 0.1) is 0 Å². The normalized spacial score (nSPS) is 17.5. The van der Waals surface area contributed by atoms with Crippen molar-refractivity contribution in [2.24, 2.45) is 0 Å². The molecule has 0 aliphatic carbocycles. The Kier molecular flexibility index (Phi) is 4.43. The zero-order chi connectivity index (χ0) is 15.4. The van der Waals surface area contributed by atoms with Crippen molar-refractivity contribution in [3.8, 4) is 0 Å². The first-order chi connectivity index (χ1) is 10.8. The molecule has 2 aromatic rings. The maximum Gasteiger partial charge on any atom is 0.0701 e. The Morgan fingerprint density at radius 3 is 2.41 bits per heavy atom. The van der Waals surface area contributed by atoms with E-state index < -0.39 is 0 Å². The zero-order valence-electron chi connectivity index (χ0n) is 13.3. The Morgan fingerprint density at radius 1 is 0.955 bits per heavy atom. The van der Waals surface area contributed by atoms with Crippen molar-refractivity contribution in [1.29, 1.82) is 0 Å². The summed E-state index contributed by atoms with van der Waals surface area (Å²) in [5.41, 5.74) is 6.73. The van der Waals surface area contributed by atoms with Crippen LogP contribution in [0.15, 0.2) is 72.4 Å². The number of hydrogen-bond acceptors (Lipinski definition) is 1. The monoisotopic (exact) mass is 289 g/mol. The minimum Gasteiger partial charge on any atom is -0.380 e. The van der Waals surface area contributed by atoms with E-state index in [4.69, 9.17) is 0 Å². The molecule has 1 aliphatic heterocycles. The fourth-order valence-corrected chi connectivity index (χ4v) is 3.12. The number of dihydropyridines is 1. The lowest BCUT2D eigenvalue weighted by molar-refractivity contribution is 0.727. The number of nitrogens with one attached hydrogen (secondary N) is 1. The van der Waals surface area contributed by atoms with Gasteiger partial charge in [-0.2, -0.15) is 0 Å². The molecule has 1 nitrogen and oxygen atoms in total. The van der Waals surface area contributed by atoms with Crippen LogP contribution in [0.3, 0.4) is 0 Å². The molecule has 112 valence electrons. The minimum absolute atomic E-state index is 0.273. The summed E-state index contributed by atoms with van der Waals surface area (Å²) in [6.07, 6.45) is 6.82. The topological polar surface area (TPSA) is 12.0 Å². The lowest BCUT2D eigenvalue weighted by Gasteiger charge is -2.24. The molecule has 0 amide bonds. The van der Waals surface area contributed by atoms with Gasteiger partial charge in [-0.15, -0.1) is 0 Å². The maximum atomic E-state index is 3.57. The first-order valence-electron chi connectivity index (χ1n) is 8.08. The fourth-order valence-electron chi connectivity index (χ4n) is 3.12. The van der Waals surface area contributed by atoms with Crippen LogP contribution < -0.4 is 5.32 Å². The molecule has 3 rings (SSSR count). The average molecular weight is 289 g/mol. The largest absolute Gasteiger partial charge is 0.380 e. The van der Waals surface area contributed by atoms with Crippen LogP contribution in [0.2, 0.25) is 0 Å². The van der Waals surface area contributed by atoms with Crippen molar-refractivity contribution in [1.82, 2.24) is 5.32 Å². The summed E-state index contributed by atoms with van der Waals surface area (Å²) in [5, 5.41) is 3.57. The fraction of sp³-hybridized carbons (Fsp3) is 0.238. The zero-order valence-corrected chi connectivity index (χ0v) is 13.3. The summed E-state index contributed by atoms with van der Waals surface area (Å²) in [5.74, 6) is 0. The van der Waals surface area contributed by atoms with E-state index in [9.17, 15) is 0 Å². The quantitative estimate of drug-likeness (QED) is 0.808. The predicted molar refractivity (Wildman–Crippen MR) is 94.5 cm³/mol. The molecule has 2 aromatic carbocycles.